The quantitative estimate of drug-likeness (QED) is 0.786. The van der Waals surface area contributed by atoms with Gasteiger partial charge < -0.3 is 14.2 Å². The highest BCUT2D eigenvalue weighted by atomic mass is 16.6. The molecule has 7 heteroatoms. The fourth-order valence-electron chi connectivity index (χ4n) is 3.51. The standard InChI is InChI=1S/C21H28N4O3/c1-21(2,3)27-20(26)25-10-7-15(8-11-25)18-23-19(28-24-18)16-6-9-22-17(13-16)12-14-4-5-14/h6,9,13-15H,4-5,7-8,10-12H2,1-3H3. The highest BCUT2D eigenvalue weighted by Gasteiger charge is 2.30. The van der Waals surface area contributed by atoms with Gasteiger partial charge in [-0.25, -0.2) is 4.79 Å². The summed E-state index contributed by atoms with van der Waals surface area (Å²) in [5, 5.41) is 4.21. The zero-order valence-electron chi connectivity index (χ0n) is 16.9. The lowest BCUT2D eigenvalue weighted by atomic mass is 9.96. The molecular weight excluding hydrogens is 356 g/mol. The van der Waals surface area contributed by atoms with Crippen LogP contribution >= 0.6 is 0 Å². The van der Waals surface area contributed by atoms with Crippen LogP contribution in [0.15, 0.2) is 22.9 Å². The molecule has 4 rings (SSSR count). The minimum absolute atomic E-state index is 0.198. The number of carbonyl (C=O) groups excluding carboxylic acids is 1. The smallest absolute Gasteiger partial charge is 0.410 e. The summed E-state index contributed by atoms with van der Waals surface area (Å²) in [4.78, 5) is 23.0. The number of likely N-dealkylation sites (tertiary alicyclic amines) is 1. The molecule has 28 heavy (non-hydrogen) atoms. The molecule has 0 unspecified atom stereocenters. The number of ether oxygens (including phenoxy) is 1. The van der Waals surface area contributed by atoms with Crippen molar-refractivity contribution in [3.05, 3.63) is 29.8 Å². The van der Waals surface area contributed by atoms with Gasteiger partial charge in [0.1, 0.15) is 5.60 Å². The van der Waals surface area contributed by atoms with Gasteiger partial charge in [-0.15, -0.1) is 0 Å². The van der Waals surface area contributed by atoms with Crippen LogP contribution in [-0.2, 0) is 11.2 Å². The van der Waals surface area contributed by atoms with Gasteiger partial charge in [0.2, 0.25) is 0 Å². The third-order valence-corrected chi connectivity index (χ3v) is 5.21. The van der Waals surface area contributed by atoms with E-state index in [4.69, 9.17) is 9.26 Å². The van der Waals surface area contributed by atoms with Crippen LogP contribution in [0.2, 0.25) is 0 Å². The first-order valence-electron chi connectivity index (χ1n) is 10.1. The number of pyridine rings is 1. The topological polar surface area (TPSA) is 81.4 Å². The summed E-state index contributed by atoms with van der Waals surface area (Å²) in [7, 11) is 0. The molecule has 7 nitrogen and oxygen atoms in total. The first kappa shape index (κ1) is 18.9. The maximum atomic E-state index is 12.2. The first-order valence-corrected chi connectivity index (χ1v) is 10.1. The van der Waals surface area contributed by atoms with E-state index < -0.39 is 5.60 Å². The molecule has 2 aromatic rings. The number of amides is 1. The minimum Gasteiger partial charge on any atom is -0.444 e. The predicted molar refractivity (Wildman–Crippen MR) is 104 cm³/mol. The molecule has 3 heterocycles. The van der Waals surface area contributed by atoms with E-state index in [0.29, 0.717) is 19.0 Å². The Hall–Kier alpha value is -2.44. The molecule has 2 aromatic heterocycles. The van der Waals surface area contributed by atoms with Crippen LogP contribution in [0.5, 0.6) is 0 Å². The van der Waals surface area contributed by atoms with Crippen molar-refractivity contribution < 1.29 is 14.1 Å². The monoisotopic (exact) mass is 384 g/mol. The molecule has 0 N–H and O–H groups in total. The lowest BCUT2D eigenvalue weighted by Gasteiger charge is -2.32. The van der Waals surface area contributed by atoms with Crippen molar-refractivity contribution in [1.82, 2.24) is 20.0 Å². The number of piperidine rings is 1. The van der Waals surface area contributed by atoms with E-state index in [1.54, 1.807) is 4.90 Å². The summed E-state index contributed by atoms with van der Waals surface area (Å²) >= 11 is 0. The second-order valence-corrected chi connectivity index (χ2v) is 8.88. The number of hydrogen-bond donors (Lipinski definition) is 0. The number of carbonyl (C=O) groups is 1. The van der Waals surface area contributed by atoms with Crippen molar-refractivity contribution in [2.24, 2.45) is 5.92 Å². The van der Waals surface area contributed by atoms with Crippen LogP contribution in [0.1, 0.15) is 63.9 Å². The summed E-state index contributed by atoms with van der Waals surface area (Å²) in [6.07, 6.45) is 6.81. The van der Waals surface area contributed by atoms with Gasteiger partial charge >= 0.3 is 6.09 Å². The van der Waals surface area contributed by atoms with Crippen LogP contribution in [0.4, 0.5) is 4.79 Å². The number of rotatable bonds is 4. The van der Waals surface area contributed by atoms with Crippen LogP contribution in [-0.4, -0.2) is 44.8 Å². The number of hydrogen-bond acceptors (Lipinski definition) is 6. The minimum atomic E-state index is -0.473. The third-order valence-electron chi connectivity index (χ3n) is 5.21. The molecule has 1 aliphatic heterocycles. The Morgan fingerprint density at radius 2 is 2.00 bits per heavy atom. The summed E-state index contributed by atoms with van der Waals surface area (Å²) in [5.74, 6) is 2.25. The van der Waals surface area contributed by atoms with E-state index in [2.05, 4.69) is 21.2 Å². The molecule has 0 aromatic carbocycles. The van der Waals surface area contributed by atoms with Crippen molar-refractivity contribution in [2.75, 3.05) is 13.1 Å². The van der Waals surface area contributed by atoms with E-state index in [9.17, 15) is 4.79 Å². The van der Waals surface area contributed by atoms with Crippen LogP contribution in [0.3, 0.4) is 0 Å². The fourth-order valence-corrected chi connectivity index (χ4v) is 3.51. The first-order chi connectivity index (χ1) is 13.4. The average molecular weight is 384 g/mol. The van der Waals surface area contributed by atoms with Gasteiger partial charge in [-0.2, -0.15) is 4.98 Å². The largest absolute Gasteiger partial charge is 0.444 e. The van der Waals surface area contributed by atoms with E-state index in [-0.39, 0.29) is 12.0 Å². The van der Waals surface area contributed by atoms with E-state index in [1.807, 2.05) is 33.0 Å². The molecule has 2 aliphatic rings. The van der Waals surface area contributed by atoms with Crippen molar-refractivity contribution in [1.29, 1.82) is 0 Å². The van der Waals surface area contributed by atoms with Crippen molar-refractivity contribution in [3.63, 3.8) is 0 Å². The zero-order chi connectivity index (χ0) is 19.7. The molecule has 0 radical (unpaired) electrons. The highest BCUT2D eigenvalue weighted by Crippen LogP contribution is 2.33. The Morgan fingerprint density at radius 3 is 2.68 bits per heavy atom. The summed E-state index contributed by atoms with van der Waals surface area (Å²) in [6.45, 7) is 6.93. The van der Waals surface area contributed by atoms with Crippen molar-refractivity contribution >= 4 is 6.09 Å². The van der Waals surface area contributed by atoms with E-state index in [0.717, 1.165) is 42.3 Å². The predicted octanol–water partition coefficient (Wildman–Crippen LogP) is 4.20. The Kier molecular flexibility index (Phi) is 5.08. The summed E-state index contributed by atoms with van der Waals surface area (Å²) in [6, 6.07) is 3.97. The molecular formula is C21H28N4O3. The van der Waals surface area contributed by atoms with Gasteiger partial charge in [0, 0.05) is 36.5 Å². The summed E-state index contributed by atoms with van der Waals surface area (Å²) in [5.41, 5.74) is 1.54. The summed E-state index contributed by atoms with van der Waals surface area (Å²) < 4.78 is 11.0. The average Bonchev–Trinajstić information content (AvgIpc) is 3.32. The Balaban J connectivity index is 1.37. The van der Waals surface area contributed by atoms with Gasteiger partial charge in [-0.05, 0) is 70.9 Å². The van der Waals surface area contributed by atoms with Crippen LogP contribution in [0, 0.1) is 5.92 Å². The Morgan fingerprint density at radius 1 is 1.25 bits per heavy atom. The van der Waals surface area contributed by atoms with Gasteiger partial charge in [-0.1, -0.05) is 5.16 Å². The van der Waals surface area contributed by atoms with E-state index in [1.165, 1.54) is 12.8 Å². The highest BCUT2D eigenvalue weighted by molar-refractivity contribution is 5.68. The van der Waals surface area contributed by atoms with Crippen LogP contribution in [0.25, 0.3) is 11.5 Å². The lowest BCUT2D eigenvalue weighted by Crippen LogP contribution is -2.41. The molecule has 1 aliphatic carbocycles. The Labute approximate surface area is 165 Å². The maximum absolute atomic E-state index is 12.2. The molecule has 0 spiro atoms. The van der Waals surface area contributed by atoms with Gasteiger partial charge in [0.25, 0.3) is 5.89 Å². The second kappa shape index (κ2) is 7.53. The molecule has 1 saturated carbocycles. The molecule has 2 fully saturated rings. The zero-order valence-corrected chi connectivity index (χ0v) is 16.9. The lowest BCUT2D eigenvalue weighted by molar-refractivity contribution is 0.0203. The molecule has 0 bridgehead atoms. The second-order valence-electron chi connectivity index (χ2n) is 8.88. The number of aromatic nitrogens is 3. The molecule has 150 valence electrons. The number of nitrogens with zero attached hydrogens (tertiary/aromatic N) is 4. The third kappa shape index (κ3) is 4.69. The molecule has 1 amide bonds. The maximum Gasteiger partial charge on any atom is 0.410 e. The molecule has 1 saturated heterocycles. The van der Waals surface area contributed by atoms with Crippen LogP contribution < -0.4 is 0 Å². The normalized spacial score (nSPS) is 18.3. The van der Waals surface area contributed by atoms with Crippen molar-refractivity contribution in [2.45, 2.75) is 64.4 Å². The Bertz CT molecular complexity index is 830. The fraction of sp³-hybridized carbons (Fsp3) is 0.619. The van der Waals surface area contributed by atoms with E-state index >= 15 is 0 Å². The van der Waals surface area contributed by atoms with Gasteiger partial charge in [0.15, 0.2) is 5.82 Å². The molecule has 0 atom stereocenters. The van der Waals surface area contributed by atoms with Crippen molar-refractivity contribution in [3.8, 4) is 11.5 Å². The SMILES string of the molecule is CC(C)(C)OC(=O)N1CCC(c2noc(-c3ccnc(CC4CC4)c3)n2)CC1. The van der Waals surface area contributed by atoms with Gasteiger partial charge in [0.05, 0.1) is 0 Å². The van der Waals surface area contributed by atoms with Gasteiger partial charge in [-0.3, -0.25) is 4.98 Å².